The van der Waals surface area contributed by atoms with Gasteiger partial charge < -0.3 is 15.1 Å². The predicted molar refractivity (Wildman–Crippen MR) is 67.9 cm³/mol. The molecule has 0 saturated carbocycles. The molecule has 4 nitrogen and oxygen atoms in total. The molecule has 1 rings (SSSR count). The first-order valence-corrected chi connectivity index (χ1v) is 6.11. The van der Waals surface area contributed by atoms with Crippen molar-refractivity contribution in [3.8, 4) is 0 Å². The zero-order valence-electron chi connectivity index (χ0n) is 11.1. The maximum Gasteiger partial charge on any atom is 0.221 e. The fraction of sp³-hybridized carbons (Fsp3) is 0.615. The summed E-state index contributed by atoms with van der Waals surface area (Å²) in [5.41, 5.74) is 1.17. The molecule has 0 aromatic carbocycles. The van der Waals surface area contributed by atoms with E-state index in [-0.39, 0.29) is 11.9 Å². The van der Waals surface area contributed by atoms with Crippen LogP contribution in [0.4, 0.5) is 0 Å². The lowest BCUT2D eigenvalue weighted by Crippen LogP contribution is -2.28. The second-order valence-electron chi connectivity index (χ2n) is 4.25. The lowest BCUT2D eigenvalue weighted by Gasteiger charge is -2.12. The highest BCUT2D eigenvalue weighted by molar-refractivity contribution is 5.75. The first-order valence-electron chi connectivity index (χ1n) is 6.11. The number of amides is 1. The van der Waals surface area contributed by atoms with Crippen LogP contribution in [0, 0.1) is 13.8 Å². The van der Waals surface area contributed by atoms with Crippen molar-refractivity contribution in [2.75, 3.05) is 13.1 Å². The second-order valence-corrected chi connectivity index (χ2v) is 4.25. The van der Waals surface area contributed by atoms with Crippen molar-refractivity contribution in [2.45, 2.75) is 40.2 Å². The number of rotatable bonds is 6. The maximum absolute atomic E-state index is 11.3. The molecule has 1 atom stereocenters. The van der Waals surface area contributed by atoms with Crippen LogP contribution in [0.1, 0.15) is 43.4 Å². The Morgan fingerprint density at radius 1 is 1.47 bits per heavy atom. The topological polar surface area (TPSA) is 54.3 Å². The van der Waals surface area contributed by atoms with Gasteiger partial charge in [0.25, 0.3) is 0 Å². The highest BCUT2D eigenvalue weighted by atomic mass is 16.3. The van der Waals surface area contributed by atoms with E-state index in [1.54, 1.807) is 0 Å². The van der Waals surface area contributed by atoms with Gasteiger partial charge in [-0.2, -0.15) is 0 Å². The average molecular weight is 238 g/mol. The molecular formula is C13H22N2O2. The molecule has 0 spiro atoms. The molecule has 1 unspecified atom stereocenters. The number of carbonyl (C=O) groups is 1. The van der Waals surface area contributed by atoms with Crippen molar-refractivity contribution in [1.29, 1.82) is 0 Å². The molecule has 0 radical (unpaired) electrons. The molecule has 0 saturated heterocycles. The minimum Gasteiger partial charge on any atom is -0.466 e. The van der Waals surface area contributed by atoms with E-state index in [0.717, 1.165) is 11.5 Å². The van der Waals surface area contributed by atoms with Gasteiger partial charge in [0.15, 0.2) is 0 Å². The first-order chi connectivity index (χ1) is 8.04. The van der Waals surface area contributed by atoms with Gasteiger partial charge in [0.1, 0.15) is 11.5 Å². The van der Waals surface area contributed by atoms with Gasteiger partial charge in [0.2, 0.25) is 5.91 Å². The summed E-state index contributed by atoms with van der Waals surface area (Å²) in [6, 6.07) is 2.25. The van der Waals surface area contributed by atoms with E-state index in [0.29, 0.717) is 19.5 Å². The lowest BCUT2D eigenvalue weighted by molar-refractivity contribution is -0.120. The quantitative estimate of drug-likeness (QED) is 0.797. The highest BCUT2D eigenvalue weighted by Crippen LogP contribution is 2.20. The van der Waals surface area contributed by atoms with Crippen LogP contribution < -0.4 is 10.6 Å². The normalized spacial score (nSPS) is 12.5. The zero-order valence-corrected chi connectivity index (χ0v) is 11.1. The third-order valence-corrected chi connectivity index (χ3v) is 2.72. The van der Waals surface area contributed by atoms with E-state index in [2.05, 4.69) is 17.6 Å². The zero-order chi connectivity index (χ0) is 12.8. The van der Waals surface area contributed by atoms with Crippen LogP contribution in [-0.4, -0.2) is 19.0 Å². The fourth-order valence-electron chi connectivity index (χ4n) is 1.88. The summed E-state index contributed by atoms with van der Waals surface area (Å²) in [6.07, 6.45) is 0.508. The largest absolute Gasteiger partial charge is 0.466 e. The molecule has 0 bridgehead atoms. The molecule has 4 heteroatoms. The summed E-state index contributed by atoms with van der Waals surface area (Å²) in [5.74, 6) is 1.96. The van der Waals surface area contributed by atoms with E-state index < -0.39 is 0 Å². The molecule has 1 amide bonds. The van der Waals surface area contributed by atoms with Crippen LogP contribution in [0.3, 0.4) is 0 Å². The summed E-state index contributed by atoms with van der Waals surface area (Å²) in [7, 11) is 0. The van der Waals surface area contributed by atoms with Crippen LogP contribution in [-0.2, 0) is 4.79 Å². The molecule has 2 N–H and O–H groups in total. The molecule has 96 valence electrons. The van der Waals surface area contributed by atoms with Crippen molar-refractivity contribution in [3.05, 3.63) is 23.2 Å². The number of hydrogen-bond donors (Lipinski definition) is 2. The lowest BCUT2D eigenvalue weighted by atomic mass is 10.1. The van der Waals surface area contributed by atoms with Crippen LogP contribution in [0.5, 0.6) is 0 Å². The van der Waals surface area contributed by atoms with Crippen LogP contribution in [0.15, 0.2) is 10.5 Å². The first kappa shape index (κ1) is 13.8. The molecule has 1 aromatic heterocycles. The third kappa shape index (κ3) is 4.23. The van der Waals surface area contributed by atoms with Gasteiger partial charge in [-0.1, -0.05) is 0 Å². The van der Waals surface area contributed by atoms with Crippen LogP contribution >= 0.6 is 0 Å². The summed E-state index contributed by atoms with van der Waals surface area (Å²) in [4.78, 5) is 11.3. The monoisotopic (exact) mass is 238 g/mol. The Kier molecular flexibility index (Phi) is 5.22. The van der Waals surface area contributed by atoms with Gasteiger partial charge in [-0.15, -0.1) is 0 Å². The van der Waals surface area contributed by atoms with Gasteiger partial charge in [0.05, 0.1) is 0 Å². The molecule has 0 fully saturated rings. The third-order valence-electron chi connectivity index (χ3n) is 2.72. The summed E-state index contributed by atoms with van der Waals surface area (Å²) >= 11 is 0. The number of nitrogens with one attached hydrogen (secondary N) is 2. The van der Waals surface area contributed by atoms with Crippen molar-refractivity contribution in [1.82, 2.24) is 10.6 Å². The molecule has 1 aromatic rings. The van der Waals surface area contributed by atoms with E-state index in [4.69, 9.17) is 4.42 Å². The SMILES string of the molecule is CCNC(=O)CCNC(C)c1cc(C)oc1C. The van der Waals surface area contributed by atoms with Gasteiger partial charge in [-0.25, -0.2) is 0 Å². The molecule has 0 aliphatic carbocycles. The maximum atomic E-state index is 11.3. The van der Waals surface area contributed by atoms with E-state index in [1.165, 1.54) is 5.56 Å². The molecule has 17 heavy (non-hydrogen) atoms. The minimum atomic E-state index is 0.0901. The number of carbonyl (C=O) groups excluding carboxylic acids is 1. The summed E-state index contributed by atoms with van der Waals surface area (Å²) < 4.78 is 5.48. The standard InChI is InChI=1S/C13H22N2O2/c1-5-14-13(16)6-7-15-10(3)12-8-9(2)17-11(12)4/h8,10,15H,5-7H2,1-4H3,(H,14,16). The van der Waals surface area contributed by atoms with E-state index in [9.17, 15) is 4.79 Å². The number of aryl methyl sites for hydroxylation is 2. The number of furan rings is 1. The summed E-state index contributed by atoms with van der Waals surface area (Å²) in [5, 5.41) is 6.10. The highest BCUT2D eigenvalue weighted by Gasteiger charge is 2.12. The Morgan fingerprint density at radius 3 is 2.71 bits per heavy atom. The Balaban J connectivity index is 2.37. The molecule has 0 aliphatic heterocycles. The Bertz CT molecular complexity index is 371. The van der Waals surface area contributed by atoms with Crippen molar-refractivity contribution in [2.24, 2.45) is 0 Å². The smallest absolute Gasteiger partial charge is 0.221 e. The fourth-order valence-corrected chi connectivity index (χ4v) is 1.88. The van der Waals surface area contributed by atoms with Gasteiger partial charge in [-0.3, -0.25) is 4.79 Å². The summed E-state index contributed by atoms with van der Waals surface area (Å²) in [6.45, 7) is 9.27. The van der Waals surface area contributed by atoms with E-state index in [1.807, 2.05) is 26.8 Å². The van der Waals surface area contributed by atoms with Crippen molar-refractivity contribution < 1.29 is 9.21 Å². The Morgan fingerprint density at radius 2 is 2.18 bits per heavy atom. The Labute approximate surface area is 103 Å². The molecule has 1 heterocycles. The second kappa shape index (κ2) is 6.45. The van der Waals surface area contributed by atoms with Crippen molar-refractivity contribution in [3.63, 3.8) is 0 Å². The minimum absolute atomic E-state index is 0.0901. The van der Waals surface area contributed by atoms with Crippen molar-refractivity contribution >= 4 is 5.91 Å². The van der Waals surface area contributed by atoms with Gasteiger partial charge in [-0.05, 0) is 33.8 Å². The van der Waals surface area contributed by atoms with Gasteiger partial charge in [0, 0.05) is 31.1 Å². The molecule has 0 aliphatic rings. The molecular weight excluding hydrogens is 216 g/mol. The van der Waals surface area contributed by atoms with Crippen LogP contribution in [0.25, 0.3) is 0 Å². The van der Waals surface area contributed by atoms with Crippen LogP contribution in [0.2, 0.25) is 0 Å². The Hall–Kier alpha value is -1.29. The predicted octanol–water partition coefficient (Wildman–Crippen LogP) is 2.07. The van der Waals surface area contributed by atoms with Gasteiger partial charge >= 0.3 is 0 Å². The van der Waals surface area contributed by atoms with E-state index >= 15 is 0 Å². The number of hydrogen-bond acceptors (Lipinski definition) is 3. The average Bonchev–Trinajstić information content (AvgIpc) is 2.58.